The average molecular weight is 233 g/mol. The Hall–Kier alpha value is -1.41. The quantitative estimate of drug-likeness (QED) is 0.760. The van der Waals surface area contributed by atoms with Gasteiger partial charge in [0.05, 0.1) is 5.88 Å². The van der Waals surface area contributed by atoms with Crippen molar-refractivity contribution in [3.63, 3.8) is 0 Å². The van der Waals surface area contributed by atoms with Gasteiger partial charge in [0.15, 0.2) is 0 Å². The zero-order chi connectivity index (χ0) is 11.4. The van der Waals surface area contributed by atoms with Crippen LogP contribution in [0.4, 0.5) is 0 Å². The maximum Gasteiger partial charge on any atom is 0.132 e. The highest BCUT2D eigenvalue weighted by Gasteiger charge is 1.99. The fraction of sp³-hybridized carbons (Fsp3) is 0.231. The molecule has 0 radical (unpaired) electrons. The minimum atomic E-state index is 0.463. The van der Waals surface area contributed by atoms with E-state index in [4.69, 9.17) is 11.6 Å². The summed E-state index contributed by atoms with van der Waals surface area (Å²) in [6.07, 6.45) is 4.33. The summed E-state index contributed by atoms with van der Waals surface area (Å²) in [6, 6.07) is 8.41. The van der Waals surface area contributed by atoms with Gasteiger partial charge >= 0.3 is 0 Å². The molecule has 0 aliphatic heterocycles. The first-order chi connectivity index (χ1) is 7.78. The van der Waals surface area contributed by atoms with Gasteiger partial charge in [0.2, 0.25) is 0 Å². The number of hydrogen-bond acceptors (Lipinski definition) is 2. The van der Waals surface area contributed by atoms with Crippen molar-refractivity contribution in [3.05, 3.63) is 59.2 Å². The summed E-state index contributed by atoms with van der Waals surface area (Å²) in [7, 11) is 0. The maximum absolute atomic E-state index is 5.68. The molecule has 1 aromatic carbocycles. The Morgan fingerprint density at radius 3 is 2.19 bits per heavy atom. The van der Waals surface area contributed by atoms with Crippen LogP contribution in [0, 0.1) is 6.92 Å². The summed E-state index contributed by atoms with van der Waals surface area (Å²) in [5.41, 5.74) is 3.45. The Morgan fingerprint density at radius 1 is 1.00 bits per heavy atom. The normalized spacial score (nSPS) is 10.4. The molecule has 0 unspecified atom stereocenters. The summed E-state index contributed by atoms with van der Waals surface area (Å²) < 4.78 is 0. The zero-order valence-corrected chi connectivity index (χ0v) is 9.91. The van der Waals surface area contributed by atoms with Crippen LogP contribution in [0.15, 0.2) is 36.7 Å². The molecule has 0 aliphatic rings. The Labute approximate surface area is 100 Å². The Kier molecular flexibility index (Phi) is 3.52. The minimum absolute atomic E-state index is 0.463. The lowest BCUT2D eigenvalue weighted by molar-refractivity contribution is 0.952. The minimum Gasteiger partial charge on any atom is -0.241 e. The van der Waals surface area contributed by atoms with Crippen LogP contribution in [0.5, 0.6) is 0 Å². The lowest BCUT2D eigenvalue weighted by Crippen LogP contribution is -1.97. The summed E-state index contributed by atoms with van der Waals surface area (Å²) in [5.74, 6) is 1.29. The highest BCUT2D eigenvalue weighted by molar-refractivity contribution is 6.17. The molecule has 2 aromatic rings. The van der Waals surface area contributed by atoms with Gasteiger partial charge in [0, 0.05) is 24.4 Å². The van der Waals surface area contributed by atoms with Crippen LogP contribution < -0.4 is 0 Å². The predicted molar refractivity (Wildman–Crippen MR) is 65.6 cm³/mol. The van der Waals surface area contributed by atoms with E-state index in [1.807, 2.05) is 0 Å². The van der Waals surface area contributed by atoms with Crippen LogP contribution in [0.25, 0.3) is 0 Å². The third-order valence-corrected chi connectivity index (χ3v) is 2.70. The van der Waals surface area contributed by atoms with Crippen molar-refractivity contribution in [1.82, 2.24) is 9.97 Å². The Morgan fingerprint density at radius 2 is 1.62 bits per heavy atom. The number of aromatic nitrogens is 2. The molecule has 0 bridgehead atoms. The molecule has 0 amide bonds. The second-order valence-electron chi connectivity index (χ2n) is 3.80. The standard InChI is InChI=1S/C13H13ClN2/c1-10-2-4-11(5-3-10)6-13-15-8-12(7-14)9-16-13/h2-5,8-9H,6-7H2,1H3. The first kappa shape index (κ1) is 11.1. The van der Waals surface area contributed by atoms with Gasteiger partial charge in [0.25, 0.3) is 0 Å². The summed E-state index contributed by atoms with van der Waals surface area (Å²) in [5, 5.41) is 0. The van der Waals surface area contributed by atoms with E-state index in [1.165, 1.54) is 11.1 Å². The molecule has 0 atom stereocenters. The van der Waals surface area contributed by atoms with Gasteiger partial charge < -0.3 is 0 Å². The zero-order valence-electron chi connectivity index (χ0n) is 9.15. The second-order valence-corrected chi connectivity index (χ2v) is 4.07. The van der Waals surface area contributed by atoms with E-state index in [9.17, 15) is 0 Å². The molecule has 16 heavy (non-hydrogen) atoms. The molecule has 0 fully saturated rings. The lowest BCUT2D eigenvalue weighted by atomic mass is 10.1. The molecule has 2 rings (SSSR count). The number of aryl methyl sites for hydroxylation is 1. The average Bonchev–Trinajstić information content (AvgIpc) is 2.33. The number of alkyl halides is 1. The SMILES string of the molecule is Cc1ccc(Cc2ncc(CCl)cn2)cc1. The van der Waals surface area contributed by atoms with Crippen LogP contribution >= 0.6 is 11.6 Å². The van der Waals surface area contributed by atoms with Crippen molar-refractivity contribution in [2.24, 2.45) is 0 Å². The molecule has 0 saturated heterocycles. The summed E-state index contributed by atoms with van der Waals surface area (Å²) in [4.78, 5) is 8.54. The van der Waals surface area contributed by atoms with E-state index < -0.39 is 0 Å². The van der Waals surface area contributed by atoms with E-state index >= 15 is 0 Å². The molecule has 0 spiro atoms. The van der Waals surface area contributed by atoms with E-state index in [0.717, 1.165) is 17.8 Å². The molecule has 2 nitrogen and oxygen atoms in total. The number of nitrogens with zero attached hydrogens (tertiary/aromatic N) is 2. The van der Waals surface area contributed by atoms with Crippen LogP contribution in [-0.4, -0.2) is 9.97 Å². The van der Waals surface area contributed by atoms with Crippen LogP contribution in [-0.2, 0) is 12.3 Å². The van der Waals surface area contributed by atoms with Crippen LogP contribution in [0.2, 0.25) is 0 Å². The lowest BCUT2D eigenvalue weighted by Gasteiger charge is -2.01. The molecular weight excluding hydrogens is 220 g/mol. The largest absolute Gasteiger partial charge is 0.241 e. The topological polar surface area (TPSA) is 25.8 Å². The van der Waals surface area contributed by atoms with Crippen molar-refractivity contribution >= 4 is 11.6 Å². The van der Waals surface area contributed by atoms with E-state index in [1.54, 1.807) is 12.4 Å². The third-order valence-electron chi connectivity index (χ3n) is 2.40. The van der Waals surface area contributed by atoms with Gasteiger partial charge in [-0.2, -0.15) is 0 Å². The Bertz CT molecular complexity index is 448. The molecule has 0 saturated carbocycles. The first-order valence-corrected chi connectivity index (χ1v) is 5.72. The van der Waals surface area contributed by atoms with Gasteiger partial charge in [-0.3, -0.25) is 0 Å². The molecule has 0 aliphatic carbocycles. The van der Waals surface area contributed by atoms with Gasteiger partial charge in [0.1, 0.15) is 5.82 Å². The fourth-order valence-electron chi connectivity index (χ4n) is 1.43. The third kappa shape index (κ3) is 2.80. The highest BCUT2D eigenvalue weighted by Crippen LogP contribution is 2.08. The van der Waals surface area contributed by atoms with Gasteiger partial charge in [-0.05, 0) is 12.5 Å². The molecule has 3 heteroatoms. The molecule has 1 aromatic heterocycles. The van der Waals surface area contributed by atoms with E-state index in [2.05, 4.69) is 41.2 Å². The van der Waals surface area contributed by atoms with Crippen molar-refractivity contribution in [3.8, 4) is 0 Å². The van der Waals surface area contributed by atoms with Crippen LogP contribution in [0.1, 0.15) is 22.5 Å². The first-order valence-electron chi connectivity index (χ1n) is 5.19. The van der Waals surface area contributed by atoms with E-state index in [0.29, 0.717) is 5.88 Å². The highest BCUT2D eigenvalue weighted by atomic mass is 35.5. The molecule has 0 N–H and O–H groups in total. The van der Waals surface area contributed by atoms with Crippen molar-refractivity contribution in [2.75, 3.05) is 0 Å². The molecule has 1 heterocycles. The maximum atomic E-state index is 5.68. The molecular formula is C13H13ClN2. The van der Waals surface area contributed by atoms with Gasteiger partial charge in [-0.1, -0.05) is 29.8 Å². The summed E-state index contributed by atoms with van der Waals surface area (Å²) in [6.45, 7) is 2.08. The van der Waals surface area contributed by atoms with Gasteiger partial charge in [-0.15, -0.1) is 11.6 Å². The van der Waals surface area contributed by atoms with Crippen molar-refractivity contribution in [1.29, 1.82) is 0 Å². The molecule has 82 valence electrons. The number of halogens is 1. The summed E-state index contributed by atoms with van der Waals surface area (Å²) >= 11 is 5.68. The second kappa shape index (κ2) is 5.08. The number of benzene rings is 1. The van der Waals surface area contributed by atoms with Gasteiger partial charge in [-0.25, -0.2) is 9.97 Å². The fourth-order valence-corrected chi connectivity index (χ4v) is 1.57. The smallest absolute Gasteiger partial charge is 0.132 e. The van der Waals surface area contributed by atoms with E-state index in [-0.39, 0.29) is 0 Å². The van der Waals surface area contributed by atoms with Crippen molar-refractivity contribution < 1.29 is 0 Å². The number of rotatable bonds is 3. The number of hydrogen-bond donors (Lipinski definition) is 0. The predicted octanol–water partition coefficient (Wildman–Crippen LogP) is 3.11. The van der Waals surface area contributed by atoms with Crippen molar-refractivity contribution in [2.45, 2.75) is 19.2 Å². The monoisotopic (exact) mass is 232 g/mol. The van der Waals surface area contributed by atoms with Crippen LogP contribution in [0.3, 0.4) is 0 Å². The Balaban J connectivity index is 2.11.